The lowest BCUT2D eigenvalue weighted by atomic mass is 10.0. The highest BCUT2D eigenvalue weighted by Crippen LogP contribution is 2.24. The van der Waals surface area contributed by atoms with Gasteiger partial charge in [0.25, 0.3) is 0 Å². The predicted octanol–water partition coefficient (Wildman–Crippen LogP) is 9.67. The Morgan fingerprint density at radius 3 is 1.24 bits per heavy atom. The number of carboxylic acids is 1. The Balaban J connectivity index is 0.000000883. The molecule has 0 saturated heterocycles. The molecule has 14 nitrogen and oxygen atoms in total. The van der Waals surface area contributed by atoms with Gasteiger partial charge in [-0.25, -0.2) is 19.2 Å². The fourth-order valence-corrected chi connectivity index (χ4v) is 4.72. The van der Waals surface area contributed by atoms with E-state index in [1.807, 2.05) is 46.8 Å². The minimum atomic E-state index is -1.32. The summed E-state index contributed by atoms with van der Waals surface area (Å²) < 4.78 is 15.3. The number of amides is 4. The van der Waals surface area contributed by atoms with E-state index in [0.29, 0.717) is 33.2 Å². The third kappa shape index (κ3) is 25.5. The first-order valence-corrected chi connectivity index (χ1v) is 20.1. The number of nitrogens with one attached hydrogen (secondary N) is 5. The molecule has 6 N–H and O–H groups in total. The predicted molar refractivity (Wildman–Crippen MR) is 234 cm³/mol. The van der Waals surface area contributed by atoms with Crippen molar-refractivity contribution in [2.75, 3.05) is 6.54 Å². The average Bonchev–Trinajstić information content (AvgIpc) is 3.00. The molecular formula is C41H63Cl4N5O9. The van der Waals surface area contributed by atoms with Gasteiger partial charge in [0.1, 0.15) is 27.9 Å². The maximum atomic E-state index is 12.3. The zero-order chi connectivity index (χ0) is 46.4. The number of aliphatic carboxylic acids is 1. The standard InChI is InChI=1S/C16H22Cl2N2O3.C16H24Cl2N2O2.C9H17NO4/c1-15(2,3)23-14(22)20-16(4,5)13(21)19-9-10-6-7-11(17)12(18)8-10;1-15(2,3)22-14(21)20-16(4,5)10-19-9-11-6-7-12(17)13(18)8-11;1-8(2,3)14-7(13)10-9(4,5)6(11)12/h6-8H,9H2,1-5H3,(H,19,21)(H,20,22);6-8,19H,9-10H2,1-5H3,(H,20,21);1-5H3,(H,10,13)(H,11,12). The zero-order valence-electron chi connectivity index (χ0n) is 36.8. The van der Waals surface area contributed by atoms with Crippen LogP contribution >= 0.6 is 46.4 Å². The van der Waals surface area contributed by atoms with Crippen LogP contribution in [0.15, 0.2) is 36.4 Å². The van der Waals surface area contributed by atoms with Crippen molar-refractivity contribution < 1.29 is 43.3 Å². The molecule has 0 radical (unpaired) electrons. The van der Waals surface area contributed by atoms with Crippen molar-refractivity contribution in [3.8, 4) is 0 Å². The Hall–Kier alpha value is -3.69. The van der Waals surface area contributed by atoms with Crippen LogP contribution in [0.3, 0.4) is 0 Å². The first-order chi connectivity index (χ1) is 26.4. The Morgan fingerprint density at radius 2 is 0.881 bits per heavy atom. The molecule has 0 atom stereocenters. The minimum absolute atomic E-state index is 0.273. The summed E-state index contributed by atoms with van der Waals surface area (Å²) in [6, 6.07) is 10.6. The van der Waals surface area contributed by atoms with Crippen LogP contribution in [0.4, 0.5) is 14.4 Å². The SMILES string of the molecule is CC(C)(C)OC(=O)NC(C)(C)C(=O)NCc1ccc(Cl)c(Cl)c1.CC(C)(C)OC(=O)NC(C)(C)C(=O)O.CC(C)(CNCc1ccc(Cl)c(Cl)c1)NC(=O)OC(C)(C)C. The molecule has 0 aromatic heterocycles. The molecule has 0 bridgehead atoms. The molecule has 4 amide bonds. The first kappa shape index (κ1) is 55.3. The molecule has 334 valence electrons. The van der Waals surface area contributed by atoms with E-state index in [2.05, 4.69) is 26.6 Å². The molecule has 59 heavy (non-hydrogen) atoms. The van der Waals surface area contributed by atoms with E-state index in [1.54, 1.807) is 79.7 Å². The number of ether oxygens (including phenoxy) is 3. The summed E-state index contributed by atoms with van der Waals surface area (Å²) in [6.07, 6.45) is -1.80. The molecule has 0 aliphatic rings. The van der Waals surface area contributed by atoms with Crippen molar-refractivity contribution in [1.82, 2.24) is 26.6 Å². The number of carbonyl (C=O) groups is 5. The lowest BCUT2D eigenvalue weighted by molar-refractivity contribution is -0.143. The highest BCUT2D eigenvalue weighted by Gasteiger charge is 2.32. The topological polar surface area (TPSA) is 193 Å². The fourth-order valence-electron chi connectivity index (χ4n) is 4.07. The maximum Gasteiger partial charge on any atom is 0.408 e. The highest BCUT2D eigenvalue weighted by molar-refractivity contribution is 6.42. The summed E-state index contributed by atoms with van der Waals surface area (Å²) in [4.78, 5) is 57.7. The molecule has 0 fully saturated rings. The van der Waals surface area contributed by atoms with Crippen LogP contribution in [0, 0.1) is 0 Å². The number of carboxylic acid groups (broad SMARTS) is 1. The van der Waals surface area contributed by atoms with Gasteiger partial charge in [-0.15, -0.1) is 0 Å². The summed E-state index contributed by atoms with van der Waals surface area (Å²) in [5.74, 6) is -1.45. The van der Waals surface area contributed by atoms with Crippen molar-refractivity contribution in [3.05, 3.63) is 67.6 Å². The van der Waals surface area contributed by atoms with E-state index >= 15 is 0 Å². The average molecular weight is 912 g/mol. The molecular weight excluding hydrogens is 848 g/mol. The van der Waals surface area contributed by atoms with Gasteiger partial charge in [0, 0.05) is 19.6 Å². The van der Waals surface area contributed by atoms with Gasteiger partial charge >= 0.3 is 24.2 Å². The lowest BCUT2D eigenvalue weighted by Crippen LogP contribution is -2.55. The maximum absolute atomic E-state index is 12.3. The van der Waals surface area contributed by atoms with Crippen molar-refractivity contribution in [2.24, 2.45) is 0 Å². The second kappa shape index (κ2) is 22.8. The summed E-state index contributed by atoms with van der Waals surface area (Å²) in [7, 11) is 0. The van der Waals surface area contributed by atoms with Crippen molar-refractivity contribution in [3.63, 3.8) is 0 Å². The molecule has 0 heterocycles. The van der Waals surface area contributed by atoms with E-state index in [0.717, 1.165) is 11.1 Å². The van der Waals surface area contributed by atoms with E-state index < -0.39 is 57.7 Å². The van der Waals surface area contributed by atoms with Gasteiger partial charge in [-0.2, -0.15) is 0 Å². The van der Waals surface area contributed by atoms with Crippen LogP contribution in [0.2, 0.25) is 20.1 Å². The fraction of sp³-hybridized carbons (Fsp3) is 0.585. The largest absolute Gasteiger partial charge is 0.480 e. The Bertz CT molecular complexity index is 1750. The second-order valence-corrected chi connectivity index (χ2v) is 19.7. The molecule has 0 aliphatic heterocycles. The normalized spacial score (nSPS) is 12.0. The zero-order valence-corrected chi connectivity index (χ0v) is 39.8. The van der Waals surface area contributed by atoms with E-state index in [9.17, 15) is 24.0 Å². The molecule has 0 unspecified atom stereocenters. The summed E-state index contributed by atoms with van der Waals surface area (Å²) in [6.45, 7) is 27.2. The molecule has 0 spiro atoms. The van der Waals surface area contributed by atoms with Crippen LogP contribution in [0.5, 0.6) is 0 Å². The van der Waals surface area contributed by atoms with Crippen molar-refractivity contribution in [1.29, 1.82) is 0 Å². The lowest BCUT2D eigenvalue weighted by Gasteiger charge is -2.29. The van der Waals surface area contributed by atoms with Crippen LogP contribution in [0.1, 0.15) is 115 Å². The summed E-state index contributed by atoms with van der Waals surface area (Å²) in [5, 5.41) is 24.3. The van der Waals surface area contributed by atoms with Crippen LogP contribution in [-0.4, -0.2) is 75.2 Å². The number of halogens is 4. The van der Waals surface area contributed by atoms with E-state index in [1.165, 1.54) is 13.8 Å². The van der Waals surface area contributed by atoms with Crippen molar-refractivity contribution in [2.45, 2.75) is 150 Å². The van der Waals surface area contributed by atoms with Gasteiger partial charge in [0.05, 0.1) is 25.6 Å². The third-order valence-corrected chi connectivity index (χ3v) is 8.36. The number of hydrogen-bond donors (Lipinski definition) is 6. The molecule has 2 aromatic rings. The Labute approximate surface area is 369 Å². The van der Waals surface area contributed by atoms with Gasteiger partial charge in [-0.1, -0.05) is 58.5 Å². The van der Waals surface area contributed by atoms with Gasteiger partial charge < -0.3 is 45.9 Å². The molecule has 2 rings (SSSR count). The van der Waals surface area contributed by atoms with Crippen molar-refractivity contribution >= 4 is 76.6 Å². The second-order valence-electron chi connectivity index (χ2n) is 18.1. The smallest absolute Gasteiger partial charge is 0.408 e. The quantitative estimate of drug-likeness (QED) is 0.118. The van der Waals surface area contributed by atoms with Crippen LogP contribution in [0.25, 0.3) is 0 Å². The number of hydrogen-bond acceptors (Lipinski definition) is 9. The summed E-state index contributed by atoms with van der Waals surface area (Å²) in [5.41, 5.74) is -2.79. The van der Waals surface area contributed by atoms with E-state index in [4.69, 9.17) is 65.7 Å². The Kier molecular flexibility index (Phi) is 21.4. The summed E-state index contributed by atoms with van der Waals surface area (Å²) >= 11 is 23.6. The number of carbonyl (C=O) groups excluding carboxylic acids is 4. The van der Waals surface area contributed by atoms with Crippen LogP contribution in [-0.2, 0) is 36.9 Å². The highest BCUT2D eigenvalue weighted by atomic mass is 35.5. The van der Waals surface area contributed by atoms with E-state index in [-0.39, 0.29) is 12.5 Å². The Morgan fingerprint density at radius 1 is 0.525 bits per heavy atom. The van der Waals surface area contributed by atoms with Gasteiger partial charge in [-0.3, -0.25) is 4.79 Å². The van der Waals surface area contributed by atoms with Gasteiger partial charge in [0.2, 0.25) is 5.91 Å². The van der Waals surface area contributed by atoms with Gasteiger partial charge in [0.15, 0.2) is 0 Å². The molecule has 18 heteroatoms. The minimum Gasteiger partial charge on any atom is -0.480 e. The molecule has 0 saturated carbocycles. The number of alkyl carbamates (subject to hydrolysis) is 3. The number of rotatable bonds is 11. The van der Waals surface area contributed by atoms with Crippen LogP contribution < -0.4 is 26.6 Å². The first-order valence-electron chi connectivity index (χ1n) is 18.6. The monoisotopic (exact) mass is 909 g/mol. The molecule has 2 aromatic carbocycles. The van der Waals surface area contributed by atoms with Gasteiger partial charge in [-0.05, 0) is 139 Å². The molecule has 0 aliphatic carbocycles. The third-order valence-electron chi connectivity index (χ3n) is 6.89. The number of benzene rings is 2.